The van der Waals surface area contributed by atoms with Crippen molar-refractivity contribution in [1.29, 1.82) is 0 Å². The molecule has 11 nitrogen and oxygen atoms in total. The third kappa shape index (κ3) is 3.53. The van der Waals surface area contributed by atoms with Crippen molar-refractivity contribution in [3.63, 3.8) is 0 Å². The van der Waals surface area contributed by atoms with E-state index in [0.29, 0.717) is 30.9 Å². The summed E-state index contributed by atoms with van der Waals surface area (Å²) in [6.07, 6.45) is -3.60. The molecular formula is C33H47NO10. The second-order valence-corrected chi connectivity index (χ2v) is 14.1. The summed E-state index contributed by atoms with van der Waals surface area (Å²) in [4.78, 5) is 16.1. The van der Waals surface area contributed by atoms with Crippen LogP contribution in [0.1, 0.15) is 30.1 Å². The van der Waals surface area contributed by atoms with Crippen molar-refractivity contribution < 1.29 is 48.5 Å². The van der Waals surface area contributed by atoms with Crippen LogP contribution in [0.5, 0.6) is 5.75 Å². The van der Waals surface area contributed by atoms with E-state index < -0.39 is 52.7 Å². The predicted octanol–water partition coefficient (Wildman–Crippen LogP) is 0.971. The molecule has 5 saturated carbocycles. The van der Waals surface area contributed by atoms with E-state index >= 15 is 0 Å². The zero-order chi connectivity index (χ0) is 31.3. The van der Waals surface area contributed by atoms with Gasteiger partial charge in [0.1, 0.15) is 23.6 Å². The fourth-order valence-electron chi connectivity index (χ4n) is 12.1. The Bertz CT molecular complexity index is 1260. The molecule has 1 aliphatic heterocycles. The van der Waals surface area contributed by atoms with E-state index in [1.54, 1.807) is 52.7 Å². The number of piperidine rings is 1. The summed E-state index contributed by atoms with van der Waals surface area (Å²) in [5.41, 5.74) is -2.50. The smallest absolute Gasteiger partial charge is 0.338 e. The highest BCUT2D eigenvalue weighted by atomic mass is 16.6. The fraction of sp³-hybridized carbons (Fsp3) is 0.788. The number of likely N-dealkylation sites (tertiary alicyclic amines) is 1. The second kappa shape index (κ2) is 10.6. The Morgan fingerprint density at radius 2 is 1.70 bits per heavy atom. The predicted molar refractivity (Wildman–Crippen MR) is 156 cm³/mol. The molecule has 6 aliphatic rings. The molecule has 11 heteroatoms. The van der Waals surface area contributed by atoms with Crippen molar-refractivity contribution in [1.82, 2.24) is 4.90 Å². The van der Waals surface area contributed by atoms with Gasteiger partial charge in [-0.2, -0.15) is 0 Å². The molecule has 5 aliphatic carbocycles. The lowest BCUT2D eigenvalue weighted by molar-refractivity contribution is -0.285. The van der Waals surface area contributed by atoms with E-state index in [1.807, 2.05) is 0 Å². The third-order valence-corrected chi connectivity index (χ3v) is 13.1. The molecule has 0 aromatic heterocycles. The Hall–Kier alpha value is -1.83. The van der Waals surface area contributed by atoms with E-state index in [0.717, 1.165) is 6.54 Å². The van der Waals surface area contributed by atoms with E-state index in [9.17, 15) is 20.1 Å². The van der Waals surface area contributed by atoms with Gasteiger partial charge in [-0.05, 0) is 43.1 Å². The number of esters is 1. The third-order valence-electron chi connectivity index (χ3n) is 13.1. The number of carbonyl (C=O) groups is 1. The summed E-state index contributed by atoms with van der Waals surface area (Å²) < 4.78 is 36.2. The molecule has 7 rings (SSSR count). The first-order chi connectivity index (χ1) is 21.1. The van der Waals surface area contributed by atoms with Gasteiger partial charge in [0.05, 0.1) is 43.7 Å². The monoisotopic (exact) mass is 617 g/mol. The summed E-state index contributed by atoms with van der Waals surface area (Å²) in [6.45, 7) is 3.84. The number of benzene rings is 1. The van der Waals surface area contributed by atoms with Gasteiger partial charge in [-0.25, -0.2) is 4.79 Å². The fourth-order valence-corrected chi connectivity index (χ4v) is 12.1. The maximum absolute atomic E-state index is 13.7. The van der Waals surface area contributed by atoms with Crippen molar-refractivity contribution in [2.45, 2.75) is 68.0 Å². The number of hydrogen-bond acceptors (Lipinski definition) is 11. The number of hydrogen-bond donors (Lipinski definition) is 3. The van der Waals surface area contributed by atoms with Crippen LogP contribution in [0.15, 0.2) is 24.3 Å². The van der Waals surface area contributed by atoms with Gasteiger partial charge in [0.15, 0.2) is 0 Å². The van der Waals surface area contributed by atoms with Gasteiger partial charge < -0.3 is 43.7 Å². The Balaban J connectivity index is 1.41. The molecule has 3 unspecified atom stereocenters. The first kappa shape index (κ1) is 30.8. The van der Waals surface area contributed by atoms with Crippen molar-refractivity contribution in [3.05, 3.63) is 29.8 Å². The summed E-state index contributed by atoms with van der Waals surface area (Å²) in [5, 5.41) is 36.6. The minimum Gasteiger partial charge on any atom is -0.497 e. The zero-order valence-corrected chi connectivity index (χ0v) is 26.4. The molecule has 3 N–H and O–H groups in total. The van der Waals surface area contributed by atoms with Gasteiger partial charge in [0.25, 0.3) is 0 Å². The minimum atomic E-state index is -1.63. The van der Waals surface area contributed by atoms with Crippen molar-refractivity contribution in [3.8, 4) is 5.75 Å². The molecule has 1 aromatic rings. The number of aliphatic hydroxyl groups excluding tert-OH is 2. The zero-order valence-electron chi connectivity index (χ0n) is 26.4. The molecule has 244 valence electrons. The number of ether oxygens (including phenoxy) is 6. The van der Waals surface area contributed by atoms with Gasteiger partial charge >= 0.3 is 5.97 Å². The quantitative estimate of drug-likeness (QED) is 0.342. The van der Waals surface area contributed by atoms with Crippen LogP contribution in [0.3, 0.4) is 0 Å². The van der Waals surface area contributed by atoms with Crippen LogP contribution in [-0.4, -0.2) is 130 Å². The average molecular weight is 618 g/mol. The lowest BCUT2D eigenvalue weighted by Gasteiger charge is -2.69. The lowest BCUT2D eigenvalue weighted by atomic mass is 9.43. The van der Waals surface area contributed by atoms with Crippen LogP contribution in [0, 0.1) is 40.4 Å². The second-order valence-electron chi connectivity index (χ2n) is 14.1. The van der Waals surface area contributed by atoms with Gasteiger partial charge in [-0.3, -0.25) is 4.90 Å². The molecule has 0 radical (unpaired) electrons. The highest BCUT2D eigenvalue weighted by Crippen LogP contribution is 2.79. The lowest BCUT2D eigenvalue weighted by Crippen LogP contribution is -2.77. The topological polar surface area (TPSA) is 136 Å². The van der Waals surface area contributed by atoms with Crippen LogP contribution in [0.2, 0.25) is 0 Å². The molecule has 15 atom stereocenters. The number of aliphatic hydroxyl groups is 3. The largest absolute Gasteiger partial charge is 0.497 e. The summed E-state index contributed by atoms with van der Waals surface area (Å²) in [7, 11) is 8.15. The SMILES string of the molecule is CCN1C[C@]2(COC)[C@H](O)C[C@H](OC)C34C1C([C@H]1[C@@H](O)[C@H](OC)[C@]5(O)C[C@H]3[C@@H]1[C@H]5OC(=O)c1ccc(OC)cc1)[C@H](OC)[C@@H]42. The molecule has 44 heavy (non-hydrogen) atoms. The molecule has 1 heterocycles. The number of fused-ring (bicyclic) bond motifs is 2. The van der Waals surface area contributed by atoms with E-state index in [1.165, 1.54) is 7.11 Å². The van der Waals surface area contributed by atoms with Gasteiger partial charge in [0, 0.05) is 81.9 Å². The molecule has 6 fully saturated rings. The Kier molecular flexibility index (Phi) is 7.42. The van der Waals surface area contributed by atoms with Crippen LogP contribution >= 0.6 is 0 Å². The summed E-state index contributed by atoms with van der Waals surface area (Å²) in [6, 6.07) is 6.66. The maximum Gasteiger partial charge on any atom is 0.338 e. The standard InChI is InChI=1S/C33H47NO10/c1-7-34-14-31(15-39-2)19(35)12-20(41-4)33-18-13-32(38)28(44-30(37)16-8-10-17(40-3)11-9-16)21(18)22(24(36)29(32)43-6)23(27(33)34)25(42-5)26(31)33/h8-11,18-29,35-36,38H,7,12-15H2,1-6H3/t18-,19+,20-,21-,22-,23?,24+,25-,26+,27?,28+,29-,31-,32-,33?/m0/s1. The number of rotatable bonds is 9. The highest BCUT2D eigenvalue weighted by Gasteiger charge is 2.87. The Labute approximate surface area is 258 Å². The van der Waals surface area contributed by atoms with E-state index in [2.05, 4.69) is 11.8 Å². The molecule has 7 bridgehead atoms. The number of nitrogens with zero attached hydrogens (tertiary/aromatic N) is 1. The van der Waals surface area contributed by atoms with Gasteiger partial charge in [0.2, 0.25) is 0 Å². The normalized spacial score (nSPS) is 50.0. The first-order valence-electron chi connectivity index (χ1n) is 15.9. The number of carbonyl (C=O) groups excluding carboxylic acids is 1. The van der Waals surface area contributed by atoms with Gasteiger partial charge in [-0.1, -0.05) is 6.92 Å². The van der Waals surface area contributed by atoms with E-state index in [4.69, 9.17) is 28.4 Å². The molecule has 1 aromatic carbocycles. The van der Waals surface area contributed by atoms with Crippen LogP contribution < -0.4 is 4.74 Å². The van der Waals surface area contributed by atoms with Crippen LogP contribution in [0.4, 0.5) is 0 Å². The Morgan fingerprint density at radius 1 is 0.977 bits per heavy atom. The maximum atomic E-state index is 13.7. The molecular weight excluding hydrogens is 570 g/mol. The van der Waals surface area contributed by atoms with Gasteiger partial charge in [-0.15, -0.1) is 0 Å². The first-order valence-corrected chi connectivity index (χ1v) is 15.9. The highest BCUT2D eigenvalue weighted by molar-refractivity contribution is 5.89. The van der Waals surface area contributed by atoms with E-state index in [-0.39, 0.29) is 48.3 Å². The molecule has 1 saturated heterocycles. The molecule has 0 amide bonds. The van der Waals surface area contributed by atoms with Crippen molar-refractivity contribution in [2.75, 3.05) is 55.2 Å². The number of methoxy groups -OCH3 is 5. The van der Waals surface area contributed by atoms with Crippen LogP contribution in [0.25, 0.3) is 0 Å². The molecule has 1 spiro atoms. The van der Waals surface area contributed by atoms with Crippen molar-refractivity contribution >= 4 is 5.97 Å². The average Bonchev–Trinajstić information content (AvgIpc) is 3.36. The van der Waals surface area contributed by atoms with Crippen LogP contribution in [-0.2, 0) is 23.7 Å². The Morgan fingerprint density at radius 3 is 2.30 bits per heavy atom. The summed E-state index contributed by atoms with van der Waals surface area (Å²) in [5.74, 6) is -1.27. The summed E-state index contributed by atoms with van der Waals surface area (Å²) >= 11 is 0. The minimum absolute atomic E-state index is 0.0401. The van der Waals surface area contributed by atoms with Crippen molar-refractivity contribution in [2.24, 2.45) is 40.4 Å².